The second kappa shape index (κ2) is 9.34. The van der Waals surface area contributed by atoms with Crippen LogP contribution in [0.4, 0.5) is 5.69 Å². The van der Waals surface area contributed by atoms with Crippen molar-refractivity contribution in [3.05, 3.63) is 64.9 Å². The Morgan fingerprint density at radius 2 is 2.03 bits per heavy atom. The second-order valence-corrected chi connectivity index (χ2v) is 7.17. The molecule has 7 nitrogen and oxygen atoms in total. The van der Waals surface area contributed by atoms with Gasteiger partial charge in [0.05, 0.1) is 12.8 Å². The summed E-state index contributed by atoms with van der Waals surface area (Å²) in [6, 6.07) is 13.3. The molecule has 0 aliphatic heterocycles. The van der Waals surface area contributed by atoms with E-state index in [1.807, 2.05) is 12.1 Å². The van der Waals surface area contributed by atoms with Crippen molar-refractivity contribution in [3.63, 3.8) is 0 Å². The van der Waals surface area contributed by atoms with E-state index in [0.29, 0.717) is 11.8 Å². The molecule has 0 bridgehead atoms. The third-order valence-corrected chi connectivity index (χ3v) is 5.02. The Labute approximate surface area is 171 Å². The maximum absolute atomic E-state index is 10.0. The van der Waals surface area contributed by atoms with Gasteiger partial charge in [-0.2, -0.15) is 5.10 Å². The number of ether oxygens (including phenoxy) is 1. The van der Waals surface area contributed by atoms with Crippen LogP contribution in [0.2, 0.25) is 0 Å². The first-order valence-corrected chi connectivity index (χ1v) is 9.71. The largest absolute Gasteiger partial charge is 0.508 e. The molecule has 1 aliphatic rings. The van der Waals surface area contributed by atoms with Crippen LogP contribution in [0.25, 0.3) is 0 Å². The zero-order chi connectivity index (χ0) is 20.8. The highest BCUT2D eigenvalue weighted by Crippen LogP contribution is 2.38. The van der Waals surface area contributed by atoms with E-state index in [-0.39, 0.29) is 5.75 Å². The summed E-state index contributed by atoms with van der Waals surface area (Å²) in [5.41, 5.74) is 11.1. The lowest BCUT2D eigenvalue weighted by atomic mass is 9.95. The fraction of sp³-hybridized carbons (Fsp3) is 0.318. The van der Waals surface area contributed by atoms with E-state index in [2.05, 4.69) is 40.3 Å². The number of phenols is 1. The van der Waals surface area contributed by atoms with Crippen molar-refractivity contribution in [2.45, 2.75) is 32.1 Å². The maximum Gasteiger partial charge on any atom is 0.169 e. The number of benzene rings is 2. The molecule has 154 valence electrons. The molecular formula is C22H29N5O2. The first-order valence-electron chi connectivity index (χ1n) is 9.71. The predicted molar refractivity (Wildman–Crippen MR) is 117 cm³/mol. The minimum absolute atomic E-state index is 0.179. The van der Waals surface area contributed by atoms with E-state index in [4.69, 9.17) is 10.6 Å². The Hall–Kier alpha value is -3.19. The summed E-state index contributed by atoms with van der Waals surface area (Å²) in [4.78, 5) is 0. The van der Waals surface area contributed by atoms with Gasteiger partial charge in [0.15, 0.2) is 5.84 Å². The minimum atomic E-state index is 0.179. The fourth-order valence-electron chi connectivity index (χ4n) is 3.31. The van der Waals surface area contributed by atoms with E-state index in [1.54, 1.807) is 32.4 Å². The summed E-state index contributed by atoms with van der Waals surface area (Å²) in [7, 11) is 3.42. The van der Waals surface area contributed by atoms with Crippen molar-refractivity contribution in [2.75, 3.05) is 19.5 Å². The van der Waals surface area contributed by atoms with Gasteiger partial charge in [0.1, 0.15) is 11.5 Å². The number of nitrogens with one attached hydrogen (secondary N) is 3. The lowest BCUT2D eigenvalue weighted by Crippen LogP contribution is -2.36. The van der Waals surface area contributed by atoms with Crippen LogP contribution in [0.3, 0.4) is 0 Å². The molecule has 0 heterocycles. The number of hydrazine groups is 1. The summed E-state index contributed by atoms with van der Waals surface area (Å²) in [5.74, 6) is 7.38. The fourth-order valence-corrected chi connectivity index (χ4v) is 3.31. The third kappa shape index (κ3) is 5.20. The number of aromatic hydroxyl groups is 1. The van der Waals surface area contributed by atoms with Crippen molar-refractivity contribution in [3.8, 4) is 11.5 Å². The highest BCUT2D eigenvalue weighted by molar-refractivity contribution is 6.03. The van der Waals surface area contributed by atoms with Gasteiger partial charge in [-0.15, -0.1) is 0 Å². The van der Waals surface area contributed by atoms with E-state index in [0.717, 1.165) is 36.3 Å². The van der Waals surface area contributed by atoms with Gasteiger partial charge in [0, 0.05) is 24.4 Å². The molecule has 1 unspecified atom stereocenters. The quantitative estimate of drug-likeness (QED) is 0.203. The molecule has 1 atom stereocenters. The van der Waals surface area contributed by atoms with Crippen LogP contribution in [0.15, 0.2) is 58.8 Å². The third-order valence-electron chi connectivity index (χ3n) is 5.02. The molecule has 0 aromatic heterocycles. The Balaban J connectivity index is 1.85. The normalized spacial score (nSPS) is 14.3. The lowest BCUT2D eigenvalue weighted by Gasteiger charge is -2.20. The van der Waals surface area contributed by atoms with Crippen LogP contribution < -0.4 is 26.7 Å². The summed E-state index contributed by atoms with van der Waals surface area (Å²) in [5, 5.41) is 17.4. The molecule has 0 radical (unpaired) electrons. The number of nitrogens with two attached hydrogens (primary N) is 1. The number of hydrazone groups is 1. The second-order valence-electron chi connectivity index (χ2n) is 7.17. The molecule has 7 heteroatoms. The van der Waals surface area contributed by atoms with Crippen LogP contribution >= 0.6 is 0 Å². The Bertz CT molecular complexity index is 917. The van der Waals surface area contributed by atoms with Crippen molar-refractivity contribution in [1.82, 2.24) is 10.9 Å². The van der Waals surface area contributed by atoms with Crippen molar-refractivity contribution in [2.24, 2.45) is 10.9 Å². The van der Waals surface area contributed by atoms with Crippen LogP contribution in [-0.2, 0) is 0 Å². The number of hydrogen-bond acceptors (Lipinski definition) is 6. The van der Waals surface area contributed by atoms with Gasteiger partial charge in [-0.05, 0) is 55.0 Å². The summed E-state index contributed by atoms with van der Waals surface area (Å²) in [6.45, 7) is 2.21. The highest BCUT2D eigenvalue weighted by atomic mass is 16.5. The van der Waals surface area contributed by atoms with Crippen molar-refractivity contribution >= 4 is 11.5 Å². The molecule has 1 saturated carbocycles. The molecule has 2 aromatic carbocycles. The summed E-state index contributed by atoms with van der Waals surface area (Å²) < 4.78 is 5.36. The highest BCUT2D eigenvalue weighted by Gasteiger charge is 2.22. The zero-order valence-electron chi connectivity index (χ0n) is 17.1. The average molecular weight is 396 g/mol. The number of rotatable bonds is 8. The van der Waals surface area contributed by atoms with Crippen LogP contribution in [0.1, 0.15) is 43.2 Å². The van der Waals surface area contributed by atoms with E-state index in [1.165, 1.54) is 16.8 Å². The van der Waals surface area contributed by atoms with E-state index >= 15 is 0 Å². The molecular weight excluding hydrogens is 366 g/mol. The molecule has 29 heavy (non-hydrogen) atoms. The molecule has 2 aromatic rings. The number of nitrogens with zero attached hydrogens (tertiary/aromatic N) is 1. The van der Waals surface area contributed by atoms with Crippen molar-refractivity contribution < 1.29 is 9.84 Å². The monoisotopic (exact) mass is 395 g/mol. The number of hydrogen-bond donors (Lipinski definition) is 5. The summed E-state index contributed by atoms with van der Waals surface area (Å²) >= 11 is 0. The first kappa shape index (κ1) is 20.5. The van der Waals surface area contributed by atoms with Gasteiger partial charge in [0.2, 0.25) is 0 Å². The molecule has 0 saturated heterocycles. The number of amidine groups is 1. The minimum Gasteiger partial charge on any atom is -0.508 e. The van der Waals surface area contributed by atoms with Crippen LogP contribution in [-0.4, -0.2) is 25.1 Å². The van der Waals surface area contributed by atoms with E-state index < -0.39 is 0 Å². The van der Waals surface area contributed by atoms with Crippen LogP contribution in [0.5, 0.6) is 11.5 Å². The smallest absolute Gasteiger partial charge is 0.169 e. The average Bonchev–Trinajstić information content (AvgIpc) is 3.57. The van der Waals surface area contributed by atoms with Gasteiger partial charge in [-0.3, -0.25) is 0 Å². The first-order chi connectivity index (χ1) is 14.0. The maximum atomic E-state index is 10.0. The number of allylic oxidation sites excluding steroid dienone is 2. The van der Waals surface area contributed by atoms with E-state index in [9.17, 15) is 5.11 Å². The van der Waals surface area contributed by atoms with Gasteiger partial charge >= 0.3 is 0 Å². The lowest BCUT2D eigenvalue weighted by molar-refractivity contribution is 0.414. The molecule has 1 fully saturated rings. The zero-order valence-corrected chi connectivity index (χ0v) is 17.1. The topological polar surface area (TPSA) is 104 Å². The molecule has 0 spiro atoms. The van der Waals surface area contributed by atoms with Gasteiger partial charge in [0.25, 0.3) is 0 Å². The Morgan fingerprint density at radius 3 is 2.69 bits per heavy atom. The summed E-state index contributed by atoms with van der Waals surface area (Å²) in [6.07, 6.45) is 3.04. The molecule has 6 N–H and O–H groups in total. The Kier molecular flexibility index (Phi) is 6.61. The van der Waals surface area contributed by atoms with Gasteiger partial charge in [-0.1, -0.05) is 24.6 Å². The van der Waals surface area contributed by atoms with Crippen molar-refractivity contribution in [1.29, 1.82) is 0 Å². The molecule has 3 rings (SSSR count). The van der Waals surface area contributed by atoms with Crippen LogP contribution in [0, 0.1) is 0 Å². The molecule has 0 amide bonds. The SMILES string of the molecule is CNN/C(=N\N)c1ccc(O)cc1NC(CC(C)c1cccc(OC)c1)=C1CC1. The standard InChI is InChI=1S/C22H29N5O2/c1-14(16-5-4-6-18(12-16)29-3)11-20(15-7-8-15)25-21-13-17(28)9-10-19(21)22(26-23)27-24-2/h4-6,9-10,12-14,24-25,28H,7-8,11,23H2,1-3H3,(H,26,27). The predicted octanol–water partition coefficient (Wildman–Crippen LogP) is 3.40. The number of methoxy groups -OCH3 is 1. The van der Waals surface area contributed by atoms with Gasteiger partial charge in [-0.25, -0.2) is 5.43 Å². The Morgan fingerprint density at radius 1 is 1.24 bits per heavy atom. The number of anilines is 1. The van der Waals surface area contributed by atoms with Gasteiger partial charge < -0.3 is 26.4 Å². The molecule has 1 aliphatic carbocycles. The number of phenolic OH excluding ortho intramolecular Hbond substituents is 1.